The van der Waals surface area contributed by atoms with E-state index in [1.807, 2.05) is 0 Å². The molecular weight excluding hydrogens is 472 g/mol. The fourth-order valence-electron chi connectivity index (χ4n) is 4.22. The number of hydrogen-bond acceptors (Lipinski definition) is 6. The van der Waals surface area contributed by atoms with Crippen LogP contribution in [0.5, 0.6) is 17.2 Å². The molecule has 36 heavy (non-hydrogen) atoms. The van der Waals surface area contributed by atoms with Crippen molar-refractivity contribution in [2.24, 2.45) is 0 Å². The van der Waals surface area contributed by atoms with E-state index in [1.165, 1.54) is 52.5 Å². The Bertz CT molecular complexity index is 1360. The molecule has 4 rings (SSSR count). The lowest BCUT2D eigenvalue weighted by atomic mass is 9.94. The molecule has 0 radical (unpaired) electrons. The van der Waals surface area contributed by atoms with Gasteiger partial charge in [0.1, 0.15) is 17.4 Å². The number of carbonyl (C=O) groups excluding carboxylic acids is 2. The molecule has 9 heteroatoms. The van der Waals surface area contributed by atoms with Crippen LogP contribution in [0.15, 0.2) is 60.2 Å². The van der Waals surface area contributed by atoms with Crippen molar-refractivity contribution in [3.05, 3.63) is 88.5 Å². The van der Waals surface area contributed by atoms with Crippen molar-refractivity contribution in [2.45, 2.75) is 13.0 Å². The third kappa shape index (κ3) is 4.13. The number of amides is 1. The molecule has 1 unspecified atom stereocenters. The molecule has 1 saturated heterocycles. The topological polar surface area (TPSA) is 85.3 Å². The molecule has 1 atom stereocenters. The fraction of sp³-hybridized carbons (Fsp3) is 0.185. The lowest BCUT2D eigenvalue weighted by Crippen LogP contribution is -2.29. The second kappa shape index (κ2) is 9.69. The van der Waals surface area contributed by atoms with Crippen molar-refractivity contribution in [2.75, 3.05) is 26.2 Å². The molecule has 1 N–H and O–H groups in total. The minimum atomic E-state index is -1.14. The molecule has 1 fully saturated rings. The van der Waals surface area contributed by atoms with Gasteiger partial charge in [-0.1, -0.05) is 0 Å². The molecule has 1 aliphatic heterocycles. The SMILES string of the molecule is COc1cc(C2/C(=C(\O)c3ccc(F)c(C)c3)C(=O)C(=O)N2c2ccc(F)cc2)cc(OC)c1OC. The van der Waals surface area contributed by atoms with Crippen LogP contribution in [0.3, 0.4) is 0 Å². The monoisotopic (exact) mass is 495 g/mol. The van der Waals surface area contributed by atoms with E-state index in [1.54, 1.807) is 12.1 Å². The van der Waals surface area contributed by atoms with Crippen molar-refractivity contribution in [1.82, 2.24) is 0 Å². The number of nitrogens with zero attached hydrogens (tertiary/aromatic N) is 1. The Hall–Kier alpha value is -4.40. The van der Waals surface area contributed by atoms with Crippen LogP contribution in [0.2, 0.25) is 0 Å². The van der Waals surface area contributed by atoms with E-state index in [-0.39, 0.29) is 39.6 Å². The second-order valence-corrected chi connectivity index (χ2v) is 8.07. The maximum atomic E-state index is 13.9. The molecule has 1 aliphatic rings. The zero-order valence-electron chi connectivity index (χ0n) is 20.0. The molecule has 3 aromatic rings. The summed E-state index contributed by atoms with van der Waals surface area (Å²) < 4.78 is 43.8. The summed E-state index contributed by atoms with van der Waals surface area (Å²) in [6.07, 6.45) is 0. The van der Waals surface area contributed by atoms with Gasteiger partial charge in [0.2, 0.25) is 5.75 Å². The number of carbonyl (C=O) groups is 2. The van der Waals surface area contributed by atoms with E-state index in [0.29, 0.717) is 5.56 Å². The van der Waals surface area contributed by atoms with E-state index in [0.717, 1.165) is 23.1 Å². The number of anilines is 1. The van der Waals surface area contributed by atoms with Gasteiger partial charge in [0.05, 0.1) is 32.9 Å². The molecule has 0 aliphatic carbocycles. The Morgan fingerprint density at radius 3 is 2.03 bits per heavy atom. The Kier molecular flexibility index (Phi) is 6.65. The van der Waals surface area contributed by atoms with Crippen LogP contribution in [-0.4, -0.2) is 38.1 Å². The van der Waals surface area contributed by atoms with E-state index in [2.05, 4.69) is 0 Å². The zero-order chi connectivity index (χ0) is 26.1. The first-order chi connectivity index (χ1) is 17.2. The van der Waals surface area contributed by atoms with Gasteiger partial charge >= 0.3 is 0 Å². The fourth-order valence-corrected chi connectivity index (χ4v) is 4.22. The molecule has 0 bridgehead atoms. The maximum absolute atomic E-state index is 13.9. The molecule has 3 aromatic carbocycles. The minimum absolute atomic E-state index is 0.156. The molecule has 0 aromatic heterocycles. The first kappa shape index (κ1) is 24.7. The van der Waals surface area contributed by atoms with E-state index >= 15 is 0 Å². The van der Waals surface area contributed by atoms with Crippen molar-refractivity contribution in [3.8, 4) is 17.2 Å². The first-order valence-corrected chi connectivity index (χ1v) is 10.8. The van der Waals surface area contributed by atoms with Crippen LogP contribution < -0.4 is 19.1 Å². The number of rotatable bonds is 6. The summed E-state index contributed by atoms with van der Waals surface area (Å²) in [6.45, 7) is 1.51. The van der Waals surface area contributed by atoms with Gasteiger partial charge in [-0.3, -0.25) is 14.5 Å². The molecule has 186 valence electrons. The summed E-state index contributed by atoms with van der Waals surface area (Å²) in [6, 6.07) is 10.8. The number of aliphatic hydroxyl groups is 1. The number of aryl methyl sites for hydroxylation is 1. The Balaban J connectivity index is 2.02. The van der Waals surface area contributed by atoms with Crippen molar-refractivity contribution in [3.63, 3.8) is 0 Å². The Morgan fingerprint density at radius 2 is 1.50 bits per heavy atom. The number of halogens is 2. The number of hydrogen-bond donors (Lipinski definition) is 1. The van der Waals surface area contributed by atoms with Crippen molar-refractivity contribution >= 4 is 23.1 Å². The smallest absolute Gasteiger partial charge is 0.300 e. The molecule has 0 saturated carbocycles. The molecule has 0 spiro atoms. The van der Waals surface area contributed by atoms with E-state index in [9.17, 15) is 23.5 Å². The van der Waals surface area contributed by atoms with E-state index < -0.39 is 35.1 Å². The van der Waals surface area contributed by atoms with E-state index in [4.69, 9.17) is 14.2 Å². The standard InChI is InChI=1S/C27H23F2NO6/c1-14-11-15(5-10-19(14)29)24(31)22-23(16-12-20(34-2)26(36-4)21(13-16)35-3)30(27(33)25(22)32)18-8-6-17(28)7-9-18/h5-13,23,31H,1-4H3/b24-22+. The highest BCUT2D eigenvalue weighted by Crippen LogP contribution is 2.47. The summed E-state index contributed by atoms with van der Waals surface area (Å²) >= 11 is 0. The van der Waals surface area contributed by atoms with Gasteiger partial charge in [-0.05, 0) is 72.6 Å². The predicted molar refractivity (Wildman–Crippen MR) is 128 cm³/mol. The average molecular weight is 495 g/mol. The largest absolute Gasteiger partial charge is 0.507 e. The summed E-state index contributed by atoms with van der Waals surface area (Å²) in [5.41, 5.74) is 0.754. The molecule has 7 nitrogen and oxygen atoms in total. The van der Waals surface area contributed by atoms with Crippen molar-refractivity contribution in [1.29, 1.82) is 0 Å². The summed E-state index contributed by atoms with van der Waals surface area (Å²) in [5, 5.41) is 11.2. The van der Waals surface area contributed by atoms with Crippen LogP contribution in [0, 0.1) is 18.6 Å². The molecule has 1 amide bonds. The third-order valence-electron chi connectivity index (χ3n) is 5.98. The van der Waals surface area contributed by atoms with Gasteiger partial charge in [0.15, 0.2) is 11.5 Å². The highest BCUT2D eigenvalue weighted by atomic mass is 19.1. The number of benzene rings is 3. The molecule has 1 heterocycles. The number of methoxy groups -OCH3 is 3. The summed E-state index contributed by atoms with van der Waals surface area (Å²) in [5.74, 6) is -2.58. The quantitative estimate of drug-likeness (QED) is 0.297. The number of aliphatic hydroxyl groups excluding tert-OH is 1. The number of ketones is 1. The second-order valence-electron chi connectivity index (χ2n) is 8.07. The summed E-state index contributed by atoms with van der Waals surface area (Å²) in [4.78, 5) is 27.7. The van der Waals surface area contributed by atoms with Crippen LogP contribution in [-0.2, 0) is 9.59 Å². The summed E-state index contributed by atoms with van der Waals surface area (Å²) in [7, 11) is 4.26. The Labute approximate surface area is 206 Å². The van der Waals surface area contributed by atoms with Gasteiger partial charge in [0, 0.05) is 11.3 Å². The normalized spacial score (nSPS) is 16.8. The number of Topliss-reactive ketones (excluding diaryl/α,β-unsaturated/α-hetero) is 1. The van der Waals surface area contributed by atoms with Crippen LogP contribution >= 0.6 is 0 Å². The van der Waals surface area contributed by atoms with Crippen LogP contribution in [0.25, 0.3) is 5.76 Å². The molecular formula is C27H23F2NO6. The van der Waals surface area contributed by atoms with Gasteiger partial charge < -0.3 is 19.3 Å². The average Bonchev–Trinajstić information content (AvgIpc) is 3.15. The maximum Gasteiger partial charge on any atom is 0.300 e. The van der Waals surface area contributed by atoms with Gasteiger partial charge in [-0.25, -0.2) is 8.78 Å². The predicted octanol–water partition coefficient (Wildman–Crippen LogP) is 4.93. The highest BCUT2D eigenvalue weighted by Gasteiger charge is 2.47. The lowest BCUT2D eigenvalue weighted by Gasteiger charge is -2.26. The minimum Gasteiger partial charge on any atom is -0.507 e. The van der Waals surface area contributed by atoms with Gasteiger partial charge in [-0.2, -0.15) is 0 Å². The number of ether oxygens (including phenoxy) is 3. The first-order valence-electron chi connectivity index (χ1n) is 10.8. The highest BCUT2D eigenvalue weighted by molar-refractivity contribution is 6.51. The third-order valence-corrected chi connectivity index (χ3v) is 5.98. The van der Waals surface area contributed by atoms with Crippen molar-refractivity contribution < 1.29 is 37.7 Å². The zero-order valence-corrected chi connectivity index (χ0v) is 20.0. The van der Waals surface area contributed by atoms with Crippen LogP contribution in [0.1, 0.15) is 22.7 Å². The van der Waals surface area contributed by atoms with Gasteiger partial charge in [0.25, 0.3) is 11.7 Å². The van der Waals surface area contributed by atoms with Crippen LogP contribution in [0.4, 0.5) is 14.5 Å². The lowest BCUT2D eigenvalue weighted by molar-refractivity contribution is -0.132. The Morgan fingerprint density at radius 1 is 0.889 bits per heavy atom. The van der Waals surface area contributed by atoms with Gasteiger partial charge in [-0.15, -0.1) is 0 Å².